The zero-order chi connectivity index (χ0) is 12.1. The fourth-order valence-corrected chi connectivity index (χ4v) is 1.57. The maximum Gasteiger partial charge on any atom is 0.147 e. The van der Waals surface area contributed by atoms with E-state index < -0.39 is 5.82 Å². The molecule has 1 N–H and O–H groups in total. The molecule has 0 atom stereocenters. The SMILES string of the molecule is CC(C)N(CCO)c1ccc(C#N)cc1F. The Labute approximate surface area is 94.7 Å². The molecular weight excluding hydrogens is 207 g/mol. The summed E-state index contributed by atoms with van der Waals surface area (Å²) in [5.41, 5.74) is 0.719. The van der Waals surface area contributed by atoms with Gasteiger partial charge in [0.05, 0.1) is 23.9 Å². The number of halogens is 1. The van der Waals surface area contributed by atoms with Crippen molar-refractivity contribution >= 4 is 5.69 Å². The van der Waals surface area contributed by atoms with E-state index in [4.69, 9.17) is 10.4 Å². The predicted molar refractivity (Wildman–Crippen MR) is 60.7 cm³/mol. The summed E-state index contributed by atoms with van der Waals surface area (Å²) >= 11 is 0. The lowest BCUT2D eigenvalue weighted by Gasteiger charge is -2.28. The third-order valence-electron chi connectivity index (χ3n) is 2.35. The van der Waals surface area contributed by atoms with E-state index >= 15 is 0 Å². The van der Waals surface area contributed by atoms with Gasteiger partial charge in [-0.1, -0.05) is 0 Å². The fraction of sp³-hybridized carbons (Fsp3) is 0.417. The van der Waals surface area contributed by atoms with E-state index in [2.05, 4.69) is 0 Å². The Morgan fingerprint density at radius 3 is 2.62 bits per heavy atom. The van der Waals surface area contributed by atoms with Crippen LogP contribution in [0.25, 0.3) is 0 Å². The molecule has 0 aromatic heterocycles. The molecule has 3 nitrogen and oxygen atoms in total. The summed E-state index contributed by atoms with van der Waals surface area (Å²) in [5.74, 6) is -0.429. The molecule has 86 valence electrons. The van der Waals surface area contributed by atoms with Crippen LogP contribution >= 0.6 is 0 Å². The standard InChI is InChI=1S/C12H15FN2O/c1-9(2)15(5-6-16)12-4-3-10(8-14)7-11(12)13/h3-4,7,9,16H,5-6H2,1-2H3. The molecular formula is C12H15FN2O. The molecule has 16 heavy (non-hydrogen) atoms. The first kappa shape index (κ1) is 12.5. The molecule has 0 aliphatic carbocycles. The molecule has 1 aromatic rings. The second-order valence-corrected chi connectivity index (χ2v) is 3.79. The average Bonchev–Trinajstić information content (AvgIpc) is 2.26. The molecule has 0 saturated heterocycles. The fourth-order valence-electron chi connectivity index (χ4n) is 1.57. The topological polar surface area (TPSA) is 47.3 Å². The first-order valence-corrected chi connectivity index (χ1v) is 5.17. The van der Waals surface area contributed by atoms with E-state index in [0.29, 0.717) is 17.8 Å². The number of anilines is 1. The molecule has 0 heterocycles. The van der Waals surface area contributed by atoms with Crippen LogP contribution in [0.5, 0.6) is 0 Å². The number of nitriles is 1. The van der Waals surface area contributed by atoms with Crippen LogP contribution in [0.2, 0.25) is 0 Å². The van der Waals surface area contributed by atoms with Crippen molar-refractivity contribution in [3.8, 4) is 6.07 Å². The average molecular weight is 222 g/mol. The van der Waals surface area contributed by atoms with Crippen LogP contribution in [0.3, 0.4) is 0 Å². The Morgan fingerprint density at radius 2 is 2.19 bits per heavy atom. The summed E-state index contributed by atoms with van der Waals surface area (Å²) in [5, 5.41) is 17.6. The molecule has 0 fully saturated rings. The lowest BCUT2D eigenvalue weighted by atomic mass is 10.1. The minimum absolute atomic E-state index is 0.0301. The second-order valence-electron chi connectivity index (χ2n) is 3.79. The number of aliphatic hydroxyl groups is 1. The van der Waals surface area contributed by atoms with Gasteiger partial charge >= 0.3 is 0 Å². The Morgan fingerprint density at radius 1 is 1.50 bits per heavy atom. The summed E-state index contributed by atoms with van der Waals surface area (Å²) in [6, 6.07) is 6.34. The van der Waals surface area contributed by atoms with E-state index in [-0.39, 0.29) is 12.6 Å². The Kier molecular flexibility index (Phi) is 4.27. The number of hydrogen-bond acceptors (Lipinski definition) is 3. The largest absolute Gasteiger partial charge is 0.395 e. The van der Waals surface area contributed by atoms with Gasteiger partial charge in [0.15, 0.2) is 0 Å². The first-order valence-electron chi connectivity index (χ1n) is 5.17. The normalized spacial score (nSPS) is 10.2. The van der Waals surface area contributed by atoms with Crippen molar-refractivity contribution in [3.63, 3.8) is 0 Å². The van der Waals surface area contributed by atoms with E-state index in [1.807, 2.05) is 19.9 Å². The molecule has 0 spiro atoms. The summed E-state index contributed by atoms with van der Waals surface area (Å²) in [6.07, 6.45) is 0. The zero-order valence-electron chi connectivity index (χ0n) is 9.44. The van der Waals surface area contributed by atoms with Crippen molar-refractivity contribution in [3.05, 3.63) is 29.6 Å². The molecule has 0 saturated carbocycles. The highest BCUT2D eigenvalue weighted by Crippen LogP contribution is 2.22. The van der Waals surface area contributed by atoms with E-state index in [1.54, 1.807) is 17.0 Å². The Hall–Kier alpha value is -1.60. The van der Waals surface area contributed by atoms with Crippen LogP contribution in [-0.4, -0.2) is 24.3 Å². The van der Waals surface area contributed by atoms with Gasteiger partial charge in [-0.3, -0.25) is 0 Å². The van der Waals surface area contributed by atoms with Crippen molar-refractivity contribution in [2.75, 3.05) is 18.1 Å². The van der Waals surface area contributed by atoms with E-state index in [9.17, 15) is 4.39 Å². The van der Waals surface area contributed by atoms with Gasteiger partial charge in [-0.05, 0) is 32.0 Å². The highest BCUT2D eigenvalue weighted by molar-refractivity contribution is 5.51. The lowest BCUT2D eigenvalue weighted by molar-refractivity contribution is 0.298. The van der Waals surface area contributed by atoms with Crippen LogP contribution in [0.15, 0.2) is 18.2 Å². The number of hydrogen-bond donors (Lipinski definition) is 1. The van der Waals surface area contributed by atoms with Crippen LogP contribution in [0.4, 0.5) is 10.1 Å². The summed E-state index contributed by atoms with van der Waals surface area (Å²) < 4.78 is 13.7. The quantitative estimate of drug-likeness (QED) is 0.846. The predicted octanol–water partition coefficient (Wildman–Crippen LogP) is 1.90. The molecule has 1 aromatic carbocycles. The van der Waals surface area contributed by atoms with Crippen molar-refractivity contribution in [1.82, 2.24) is 0 Å². The monoisotopic (exact) mass is 222 g/mol. The molecule has 4 heteroatoms. The Bertz CT molecular complexity index is 398. The molecule has 0 aliphatic heterocycles. The van der Waals surface area contributed by atoms with Gasteiger partial charge in [-0.15, -0.1) is 0 Å². The van der Waals surface area contributed by atoms with Gasteiger partial charge in [-0.2, -0.15) is 5.26 Å². The maximum absolute atomic E-state index is 13.7. The van der Waals surface area contributed by atoms with Gasteiger partial charge in [0.1, 0.15) is 5.82 Å². The molecule has 0 radical (unpaired) electrons. The van der Waals surface area contributed by atoms with Gasteiger partial charge in [0.25, 0.3) is 0 Å². The number of benzene rings is 1. The van der Waals surface area contributed by atoms with Crippen LogP contribution in [0, 0.1) is 17.1 Å². The minimum Gasteiger partial charge on any atom is -0.395 e. The third kappa shape index (κ3) is 2.71. The second kappa shape index (κ2) is 5.47. The van der Waals surface area contributed by atoms with Crippen molar-refractivity contribution < 1.29 is 9.50 Å². The van der Waals surface area contributed by atoms with Gasteiger partial charge in [-0.25, -0.2) is 4.39 Å². The minimum atomic E-state index is -0.429. The Balaban J connectivity index is 3.06. The van der Waals surface area contributed by atoms with E-state index in [0.717, 1.165) is 0 Å². The third-order valence-corrected chi connectivity index (χ3v) is 2.35. The van der Waals surface area contributed by atoms with Crippen molar-refractivity contribution in [2.45, 2.75) is 19.9 Å². The number of nitrogens with zero attached hydrogens (tertiary/aromatic N) is 2. The van der Waals surface area contributed by atoms with Crippen molar-refractivity contribution in [2.24, 2.45) is 0 Å². The zero-order valence-corrected chi connectivity index (χ0v) is 9.44. The van der Waals surface area contributed by atoms with Gasteiger partial charge in [0.2, 0.25) is 0 Å². The van der Waals surface area contributed by atoms with Gasteiger partial charge in [0, 0.05) is 12.6 Å². The summed E-state index contributed by atoms with van der Waals surface area (Å²) in [4.78, 5) is 1.76. The van der Waals surface area contributed by atoms with Crippen LogP contribution in [-0.2, 0) is 0 Å². The van der Waals surface area contributed by atoms with Crippen LogP contribution < -0.4 is 4.90 Å². The number of aliphatic hydroxyl groups excluding tert-OH is 1. The number of rotatable bonds is 4. The smallest absolute Gasteiger partial charge is 0.147 e. The molecule has 0 amide bonds. The highest BCUT2D eigenvalue weighted by atomic mass is 19.1. The first-order chi connectivity index (χ1) is 7.60. The highest BCUT2D eigenvalue weighted by Gasteiger charge is 2.14. The summed E-state index contributed by atoms with van der Waals surface area (Å²) in [7, 11) is 0. The molecule has 0 unspecified atom stereocenters. The summed E-state index contributed by atoms with van der Waals surface area (Å²) in [6.45, 7) is 4.19. The lowest BCUT2D eigenvalue weighted by Crippen LogP contribution is -2.34. The molecule has 0 bridgehead atoms. The molecule has 0 aliphatic rings. The maximum atomic E-state index is 13.7. The molecule has 1 rings (SSSR count). The van der Waals surface area contributed by atoms with Gasteiger partial charge < -0.3 is 10.0 Å². The van der Waals surface area contributed by atoms with E-state index in [1.165, 1.54) is 6.07 Å². The van der Waals surface area contributed by atoms with Crippen LogP contribution in [0.1, 0.15) is 19.4 Å². The van der Waals surface area contributed by atoms with Crippen molar-refractivity contribution in [1.29, 1.82) is 5.26 Å².